The van der Waals surface area contributed by atoms with Crippen LogP contribution in [0.5, 0.6) is 0 Å². The highest BCUT2D eigenvalue weighted by atomic mass is 127. The van der Waals surface area contributed by atoms with Gasteiger partial charge in [0.1, 0.15) is 0 Å². The van der Waals surface area contributed by atoms with Crippen LogP contribution in [-0.4, -0.2) is 41.8 Å². The van der Waals surface area contributed by atoms with Gasteiger partial charge in [0, 0.05) is 36.7 Å². The molecule has 3 rings (SSSR count). The van der Waals surface area contributed by atoms with Gasteiger partial charge in [-0.2, -0.15) is 0 Å². The maximum absolute atomic E-state index is 10.1. The normalized spacial score (nSPS) is 16.4. The van der Waals surface area contributed by atoms with Crippen LogP contribution in [0.2, 0.25) is 0 Å². The van der Waals surface area contributed by atoms with Crippen LogP contribution >= 0.6 is 24.0 Å². The summed E-state index contributed by atoms with van der Waals surface area (Å²) in [5, 5.41) is 18.0. The molecule has 0 spiro atoms. The number of para-hydroxylation sites is 1. The largest absolute Gasteiger partial charge is 0.388 e. The van der Waals surface area contributed by atoms with Crippen LogP contribution in [0, 0.1) is 6.92 Å². The molecule has 1 aromatic carbocycles. The van der Waals surface area contributed by atoms with Crippen LogP contribution in [0.15, 0.2) is 29.3 Å². The predicted molar refractivity (Wildman–Crippen MR) is 110 cm³/mol. The van der Waals surface area contributed by atoms with E-state index in [0.717, 1.165) is 38.2 Å². The summed E-state index contributed by atoms with van der Waals surface area (Å²) in [5.74, 6) is 0.753. The monoisotopic (exact) mass is 442 g/mol. The van der Waals surface area contributed by atoms with Crippen LogP contribution in [0.4, 0.5) is 0 Å². The van der Waals surface area contributed by atoms with Gasteiger partial charge >= 0.3 is 0 Å². The van der Waals surface area contributed by atoms with Crippen molar-refractivity contribution in [3.63, 3.8) is 0 Å². The molecule has 5 nitrogen and oxygen atoms in total. The second-order valence-electron chi connectivity index (χ2n) is 6.45. The van der Waals surface area contributed by atoms with Gasteiger partial charge in [0.25, 0.3) is 0 Å². The van der Waals surface area contributed by atoms with E-state index in [1.807, 2.05) is 0 Å². The first-order valence-electron chi connectivity index (χ1n) is 8.34. The Bertz CT molecular complexity index is 706. The third kappa shape index (κ3) is 4.22. The van der Waals surface area contributed by atoms with E-state index in [1.54, 1.807) is 7.05 Å². The Kier molecular flexibility index (Phi) is 6.51. The molecule has 1 aliphatic rings. The molecule has 0 aliphatic heterocycles. The average molecular weight is 442 g/mol. The average Bonchev–Trinajstić information content (AvgIpc) is 2.84. The van der Waals surface area contributed by atoms with Crippen molar-refractivity contribution in [1.82, 2.24) is 15.6 Å². The number of nitrogens with zero attached hydrogens (tertiary/aromatic N) is 1. The lowest BCUT2D eigenvalue weighted by atomic mass is 9.80. The maximum atomic E-state index is 10.1. The molecule has 6 heteroatoms. The molecule has 0 unspecified atom stereocenters. The number of aliphatic imine (C=N–C) groups is 1. The molecule has 1 saturated carbocycles. The number of benzene rings is 1. The molecule has 2 aromatic rings. The van der Waals surface area contributed by atoms with E-state index in [4.69, 9.17) is 0 Å². The van der Waals surface area contributed by atoms with Gasteiger partial charge in [-0.05, 0) is 44.2 Å². The third-order valence-electron chi connectivity index (χ3n) is 4.79. The molecule has 0 radical (unpaired) electrons. The van der Waals surface area contributed by atoms with E-state index in [1.165, 1.54) is 22.2 Å². The fourth-order valence-corrected chi connectivity index (χ4v) is 3.19. The highest BCUT2D eigenvalue weighted by Gasteiger charge is 2.34. The van der Waals surface area contributed by atoms with Crippen LogP contribution in [0.3, 0.4) is 0 Å². The molecule has 4 N–H and O–H groups in total. The predicted octanol–water partition coefficient (Wildman–Crippen LogP) is 2.72. The number of aromatic nitrogens is 1. The summed E-state index contributed by atoms with van der Waals surface area (Å²) >= 11 is 0. The summed E-state index contributed by atoms with van der Waals surface area (Å²) in [5.41, 5.74) is 3.22. The number of aliphatic hydroxyl groups is 1. The van der Waals surface area contributed by atoms with E-state index >= 15 is 0 Å². The molecule has 132 valence electrons. The number of aryl methyl sites for hydroxylation is 1. The van der Waals surface area contributed by atoms with Crippen LogP contribution in [0.1, 0.15) is 30.5 Å². The minimum atomic E-state index is -0.537. The number of halogens is 1. The van der Waals surface area contributed by atoms with E-state index in [9.17, 15) is 5.11 Å². The third-order valence-corrected chi connectivity index (χ3v) is 4.79. The second kappa shape index (κ2) is 8.20. The molecular formula is C18H27IN4O. The van der Waals surface area contributed by atoms with Gasteiger partial charge in [-0.25, -0.2) is 0 Å². The lowest BCUT2D eigenvalue weighted by Gasteiger charge is -2.36. The molecule has 24 heavy (non-hydrogen) atoms. The number of H-pyrrole nitrogens is 1. The Balaban J connectivity index is 0.00000208. The summed E-state index contributed by atoms with van der Waals surface area (Å²) in [6, 6.07) is 8.40. The second-order valence-corrected chi connectivity index (χ2v) is 6.45. The molecule has 0 amide bonds. The number of hydrogen-bond donors (Lipinski definition) is 4. The first-order valence-corrected chi connectivity index (χ1v) is 8.34. The number of nitrogens with one attached hydrogen (secondary N) is 3. The number of fused-ring (bicyclic) bond motifs is 1. The summed E-state index contributed by atoms with van der Waals surface area (Å²) in [4.78, 5) is 7.66. The van der Waals surface area contributed by atoms with Crippen molar-refractivity contribution < 1.29 is 5.11 Å². The number of guanidine groups is 1. The van der Waals surface area contributed by atoms with Gasteiger partial charge < -0.3 is 20.7 Å². The zero-order valence-corrected chi connectivity index (χ0v) is 16.7. The quantitative estimate of drug-likeness (QED) is 0.327. The van der Waals surface area contributed by atoms with E-state index in [-0.39, 0.29) is 24.0 Å². The SMILES string of the molecule is CN=C(NCCc1c(C)[nH]c2ccccc12)NCC1(O)CCC1.I. The smallest absolute Gasteiger partial charge is 0.191 e. The van der Waals surface area contributed by atoms with Crippen molar-refractivity contribution >= 4 is 40.8 Å². The topological polar surface area (TPSA) is 72.4 Å². The molecule has 0 saturated heterocycles. The Morgan fingerprint density at radius 3 is 2.71 bits per heavy atom. The molecule has 0 atom stereocenters. The molecular weight excluding hydrogens is 415 g/mol. The number of aromatic amines is 1. The summed E-state index contributed by atoms with van der Waals surface area (Å²) < 4.78 is 0. The first kappa shape index (κ1) is 19.1. The lowest BCUT2D eigenvalue weighted by Crippen LogP contribution is -2.50. The Labute approximate surface area is 160 Å². The van der Waals surface area contributed by atoms with Crippen LogP contribution < -0.4 is 10.6 Å². The van der Waals surface area contributed by atoms with E-state index in [2.05, 4.69) is 51.8 Å². The molecule has 1 aliphatic carbocycles. The highest BCUT2D eigenvalue weighted by Crippen LogP contribution is 2.30. The minimum absolute atomic E-state index is 0. The van der Waals surface area contributed by atoms with Gasteiger partial charge in [0.05, 0.1) is 5.60 Å². The van der Waals surface area contributed by atoms with Gasteiger partial charge in [-0.1, -0.05) is 18.2 Å². The zero-order chi connectivity index (χ0) is 16.3. The summed E-state index contributed by atoms with van der Waals surface area (Å²) in [6.45, 7) is 3.49. The summed E-state index contributed by atoms with van der Waals surface area (Å²) in [7, 11) is 1.76. The Morgan fingerprint density at radius 1 is 1.29 bits per heavy atom. The standard InChI is InChI=1S/C18H26N4O.HI/c1-13-14(15-6-3-4-7-16(15)22-13)8-11-20-17(19-2)21-12-18(23)9-5-10-18;/h3-4,6-7,22-23H,5,8-12H2,1-2H3,(H2,19,20,21);1H. The molecule has 0 bridgehead atoms. The lowest BCUT2D eigenvalue weighted by molar-refractivity contribution is -0.0279. The van der Waals surface area contributed by atoms with Crippen molar-refractivity contribution in [2.24, 2.45) is 4.99 Å². The van der Waals surface area contributed by atoms with Gasteiger partial charge in [-0.15, -0.1) is 24.0 Å². The zero-order valence-electron chi connectivity index (χ0n) is 14.4. The van der Waals surface area contributed by atoms with Gasteiger partial charge in [-0.3, -0.25) is 4.99 Å². The van der Waals surface area contributed by atoms with Gasteiger partial charge in [0.15, 0.2) is 5.96 Å². The van der Waals surface area contributed by atoms with Crippen molar-refractivity contribution in [2.45, 2.75) is 38.2 Å². The Hall–Kier alpha value is -1.28. The van der Waals surface area contributed by atoms with Crippen molar-refractivity contribution in [1.29, 1.82) is 0 Å². The fourth-order valence-electron chi connectivity index (χ4n) is 3.19. The number of rotatable bonds is 5. The van der Waals surface area contributed by atoms with Crippen molar-refractivity contribution in [2.75, 3.05) is 20.1 Å². The molecule has 1 aromatic heterocycles. The maximum Gasteiger partial charge on any atom is 0.191 e. The molecule has 1 fully saturated rings. The minimum Gasteiger partial charge on any atom is -0.388 e. The van der Waals surface area contributed by atoms with Crippen molar-refractivity contribution in [3.05, 3.63) is 35.5 Å². The van der Waals surface area contributed by atoms with E-state index < -0.39 is 5.60 Å². The summed E-state index contributed by atoms with van der Waals surface area (Å²) in [6.07, 6.45) is 3.81. The fraction of sp³-hybridized carbons (Fsp3) is 0.500. The molecule has 1 heterocycles. The highest BCUT2D eigenvalue weighted by molar-refractivity contribution is 14.0. The van der Waals surface area contributed by atoms with Gasteiger partial charge in [0.2, 0.25) is 0 Å². The van der Waals surface area contributed by atoms with Crippen LogP contribution in [-0.2, 0) is 6.42 Å². The van der Waals surface area contributed by atoms with Crippen LogP contribution in [0.25, 0.3) is 10.9 Å². The first-order chi connectivity index (χ1) is 11.1. The van der Waals surface area contributed by atoms with E-state index in [0.29, 0.717) is 6.54 Å². The van der Waals surface area contributed by atoms with Crippen molar-refractivity contribution in [3.8, 4) is 0 Å². The number of hydrogen-bond acceptors (Lipinski definition) is 2. The Morgan fingerprint density at radius 2 is 2.04 bits per heavy atom.